The van der Waals surface area contributed by atoms with Crippen molar-refractivity contribution in [1.82, 2.24) is 9.97 Å². The second-order valence-corrected chi connectivity index (χ2v) is 12.5. The number of fused-ring (bicyclic) bond motifs is 10. The van der Waals surface area contributed by atoms with Crippen LogP contribution in [0.5, 0.6) is 23.0 Å². The van der Waals surface area contributed by atoms with Gasteiger partial charge in [0, 0.05) is 46.6 Å². The molecule has 0 fully saturated rings. The third-order valence-electron chi connectivity index (χ3n) is 10.1. The molecule has 0 atom stereocenters. The molecule has 0 radical (unpaired) electrons. The van der Waals surface area contributed by atoms with E-state index in [1.165, 1.54) is 38.9 Å². The summed E-state index contributed by atoms with van der Waals surface area (Å²) in [7, 11) is 0. The van der Waals surface area contributed by atoms with E-state index in [1.807, 2.05) is 48.8 Å². The number of pyridine rings is 2. The molecule has 5 aromatic carbocycles. The number of para-hydroxylation sites is 2. The molecule has 216 valence electrons. The highest BCUT2D eigenvalue weighted by molar-refractivity contribution is 7.03. The quantitative estimate of drug-likeness (QED) is 0.258. The Kier molecular flexibility index (Phi) is 4.95. The van der Waals surface area contributed by atoms with Gasteiger partial charge in [0.2, 0.25) is 0 Å². The monoisotopic (exact) mass is 599 g/mol. The van der Waals surface area contributed by atoms with E-state index in [4.69, 9.17) is 9.47 Å². The molecular weight excluding hydrogens is 576 g/mol. The highest BCUT2D eigenvalue weighted by Gasteiger charge is 2.50. The summed E-state index contributed by atoms with van der Waals surface area (Å²) >= 11 is 0. The molecule has 47 heavy (non-hydrogen) atoms. The summed E-state index contributed by atoms with van der Waals surface area (Å²) in [6, 6.07) is 44.8. The number of ether oxygens (including phenoxy) is 2. The molecule has 6 heterocycles. The van der Waals surface area contributed by atoms with Crippen molar-refractivity contribution in [2.75, 3.05) is 4.90 Å². The van der Waals surface area contributed by atoms with E-state index in [0.717, 1.165) is 56.4 Å². The summed E-state index contributed by atoms with van der Waals surface area (Å²) in [5.74, 6) is 3.36. The predicted molar refractivity (Wildman–Crippen MR) is 190 cm³/mol. The Morgan fingerprint density at radius 2 is 0.936 bits per heavy atom. The highest BCUT2D eigenvalue weighted by Crippen LogP contribution is 2.46. The maximum atomic E-state index is 6.90. The first-order chi connectivity index (χ1) is 23.3. The smallest absolute Gasteiger partial charge is 0.256 e. The Balaban J connectivity index is 1.18. The van der Waals surface area contributed by atoms with Crippen LogP contribution in [-0.2, 0) is 0 Å². The number of rotatable bonds is 2. The molecule has 0 N–H and O–H groups in total. The Labute approximate surface area is 272 Å². The average Bonchev–Trinajstić information content (AvgIpc) is 3.14. The minimum Gasteiger partial charge on any atom is -0.458 e. The molecule has 7 aromatic rings. The Morgan fingerprint density at radius 1 is 0.447 bits per heavy atom. The first kappa shape index (κ1) is 25.2. The lowest BCUT2D eigenvalue weighted by Crippen LogP contribution is -2.67. The van der Waals surface area contributed by atoms with Crippen molar-refractivity contribution < 1.29 is 9.47 Å². The van der Waals surface area contributed by atoms with Crippen LogP contribution in [0.3, 0.4) is 0 Å². The van der Waals surface area contributed by atoms with Gasteiger partial charge in [0.05, 0.1) is 11.4 Å². The van der Waals surface area contributed by atoms with E-state index < -0.39 is 0 Å². The van der Waals surface area contributed by atoms with Crippen LogP contribution in [0, 0.1) is 0 Å². The standard InChI is InChI=1S/C40H23B2N3O2/c1-3-13-32-26(9-1)41-28-17-15-24(30-11-5-7-19-43-30)21-34(28)46-36-23-37-39-40(38(36)41)45(32)33-14-4-2-10-27(33)42(39)29-18-16-25(22-35(29)47-37)31-12-6-8-20-44-31/h1-23H. The summed E-state index contributed by atoms with van der Waals surface area (Å²) in [4.78, 5) is 11.7. The molecule has 4 aliphatic heterocycles. The molecule has 5 nitrogen and oxygen atoms in total. The number of nitrogens with zero attached hydrogens (tertiary/aromatic N) is 3. The fourth-order valence-corrected chi connectivity index (χ4v) is 8.16. The van der Waals surface area contributed by atoms with Gasteiger partial charge in [-0.15, -0.1) is 0 Å². The summed E-state index contributed by atoms with van der Waals surface area (Å²) in [6.07, 6.45) is 3.66. The third-order valence-corrected chi connectivity index (χ3v) is 10.1. The summed E-state index contributed by atoms with van der Waals surface area (Å²) < 4.78 is 13.8. The van der Waals surface area contributed by atoms with Crippen LogP contribution in [0.2, 0.25) is 0 Å². The molecule has 0 amide bonds. The van der Waals surface area contributed by atoms with Gasteiger partial charge in [-0.1, -0.05) is 72.8 Å². The van der Waals surface area contributed by atoms with Crippen LogP contribution >= 0.6 is 0 Å². The second kappa shape index (κ2) is 9.24. The van der Waals surface area contributed by atoms with Crippen molar-refractivity contribution in [3.8, 4) is 45.5 Å². The van der Waals surface area contributed by atoms with Gasteiger partial charge in [-0.2, -0.15) is 0 Å². The summed E-state index contributed by atoms with van der Waals surface area (Å²) in [6.45, 7) is 0.0243. The van der Waals surface area contributed by atoms with Crippen molar-refractivity contribution in [2.24, 2.45) is 0 Å². The number of aromatic nitrogens is 2. The molecular formula is C40H23B2N3O2. The maximum Gasteiger partial charge on any atom is 0.256 e. The Hall–Kier alpha value is -6.07. The summed E-state index contributed by atoms with van der Waals surface area (Å²) in [5.41, 5.74) is 14.7. The maximum absolute atomic E-state index is 6.90. The van der Waals surface area contributed by atoms with Crippen molar-refractivity contribution in [3.63, 3.8) is 0 Å². The van der Waals surface area contributed by atoms with Crippen LogP contribution in [0.15, 0.2) is 140 Å². The van der Waals surface area contributed by atoms with Gasteiger partial charge in [0.25, 0.3) is 13.4 Å². The van der Waals surface area contributed by atoms with Crippen molar-refractivity contribution in [2.45, 2.75) is 0 Å². The van der Waals surface area contributed by atoms with Crippen LogP contribution in [-0.4, -0.2) is 23.4 Å². The van der Waals surface area contributed by atoms with Gasteiger partial charge in [-0.05, 0) is 81.3 Å². The van der Waals surface area contributed by atoms with Crippen LogP contribution < -0.4 is 47.2 Å². The minimum absolute atomic E-state index is 0.0122. The molecule has 0 aliphatic carbocycles. The second-order valence-electron chi connectivity index (χ2n) is 12.5. The van der Waals surface area contributed by atoms with E-state index in [2.05, 4.69) is 106 Å². The lowest BCUT2D eigenvalue weighted by Gasteiger charge is -2.47. The fraction of sp³-hybridized carbons (Fsp3) is 0. The number of anilines is 3. The molecule has 4 aliphatic rings. The molecule has 0 spiro atoms. The SMILES string of the molecule is c1ccc(-c2ccc3c(c2)Oc2cc4c5c6c2B3c2ccccc2N6c2ccccc2B5c2ccc(-c3ccccn3)cc2O4)nc1. The zero-order valence-electron chi connectivity index (χ0n) is 25.1. The van der Waals surface area contributed by atoms with Crippen LogP contribution in [0.4, 0.5) is 17.1 Å². The normalized spacial score (nSPS) is 13.7. The Morgan fingerprint density at radius 3 is 1.43 bits per heavy atom. The van der Waals surface area contributed by atoms with Crippen molar-refractivity contribution in [3.05, 3.63) is 140 Å². The zero-order valence-corrected chi connectivity index (χ0v) is 25.1. The predicted octanol–water partition coefficient (Wildman–Crippen LogP) is 5.15. The van der Waals surface area contributed by atoms with Gasteiger partial charge in [0.1, 0.15) is 23.0 Å². The largest absolute Gasteiger partial charge is 0.458 e. The molecule has 0 unspecified atom stereocenters. The third kappa shape index (κ3) is 3.40. The number of hydrogen-bond donors (Lipinski definition) is 0. The Bertz CT molecular complexity index is 2290. The first-order valence-electron chi connectivity index (χ1n) is 16.0. The van der Waals surface area contributed by atoms with Gasteiger partial charge in [-0.3, -0.25) is 9.97 Å². The van der Waals surface area contributed by atoms with Crippen LogP contribution in [0.1, 0.15) is 0 Å². The van der Waals surface area contributed by atoms with Crippen LogP contribution in [0.25, 0.3) is 22.5 Å². The van der Waals surface area contributed by atoms with Gasteiger partial charge in [0.15, 0.2) is 0 Å². The number of benzene rings is 5. The van der Waals surface area contributed by atoms with E-state index in [-0.39, 0.29) is 13.4 Å². The lowest BCUT2D eigenvalue weighted by atomic mass is 9.29. The first-order valence-corrected chi connectivity index (χ1v) is 16.0. The summed E-state index contributed by atoms with van der Waals surface area (Å²) in [5, 5.41) is 0. The highest BCUT2D eigenvalue weighted by atomic mass is 16.5. The lowest BCUT2D eigenvalue weighted by molar-refractivity contribution is 0.466. The minimum atomic E-state index is 0.0122. The van der Waals surface area contributed by atoms with E-state index in [0.29, 0.717) is 0 Å². The van der Waals surface area contributed by atoms with Crippen molar-refractivity contribution >= 4 is 63.3 Å². The fourth-order valence-electron chi connectivity index (χ4n) is 8.16. The topological polar surface area (TPSA) is 47.5 Å². The molecule has 7 heteroatoms. The average molecular weight is 599 g/mol. The molecule has 0 bridgehead atoms. The molecule has 0 saturated carbocycles. The number of hydrogen-bond acceptors (Lipinski definition) is 5. The molecule has 0 saturated heterocycles. The van der Waals surface area contributed by atoms with Gasteiger partial charge < -0.3 is 14.4 Å². The van der Waals surface area contributed by atoms with E-state index >= 15 is 0 Å². The van der Waals surface area contributed by atoms with E-state index in [1.54, 1.807) is 0 Å². The van der Waals surface area contributed by atoms with Crippen molar-refractivity contribution in [1.29, 1.82) is 0 Å². The molecule has 11 rings (SSSR count). The van der Waals surface area contributed by atoms with Gasteiger partial charge in [-0.25, -0.2) is 0 Å². The zero-order chi connectivity index (χ0) is 30.6. The van der Waals surface area contributed by atoms with E-state index in [9.17, 15) is 0 Å². The molecule has 2 aromatic heterocycles. The van der Waals surface area contributed by atoms with Gasteiger partial charge >= 0.3 is 0 Å².